The van der Waals surface area contributed by atoms with Gasteiger partial charge in [-0.2, -0.15) is 0 Å². The number of para-hydroxylation sites is 2. The van der Waals surface area contributed by atoms with E-state index in [1.54, 1.807) is 48.4 Å². The average Bonchev–Trinajstić information content (AvgIpc) is 2.71. The fourth-order valence-corrected chi connectivity index (χ4v) is 2.86. The quantitative estimate of drug-likeness (QED) is 0.774. The predicted octanol–water partition coefficient (Wildman–Crippen LogP) is 1.66. The van der Waals surface area contributed by atoms with E-state index in [1.165, 1.54) is 0 Å². The van der Waals surface area contributed by atoms with E-state index in [4.69, 9.17) is 9.47 Å². The van der Waals surface area contributed by atoms with Crippen molar-refractivity contribution in [1.29, 1.82) is 0 Å². The summed E-state index contributed by atoms with van der Waals surface area (Å²) in [5.74, 6) is 0.914. The lowest BCUT2D eigenvalue weighted by Crippen LogP contribution is -2.41. The van der Waals surface area contributed by atoms with Crippen LogP contribution in [0.25, 0.3) is 0 Å². The third-order valence-electron chi connectivity index (χ3n) is 4.36. The molecule has 2 N–H and O–H groups in total. The Morgan fingerprint density at radius 3 is 2.74 bits per heavy atom. The molecule has 7 heteroatoms. The molecule has 0 spiro atoms. The van der Waals surface area contributed by atoms with E-state index in [1.807, 2.05) is 12.1 Å². The lowest BCUT2D eigenvalue weighted by atomic mass is 10.1. The van der Waals surface area contributed by atoms with Crippen molar-refractivity contribution in [2.24, 2.45) is 0 Å². The van der Waals surface area contributed by atoms with E-state index in [0.29, 0.717) is 22.7 Å². The highest BCUT2D eigenvalue weighted by Crippen LogP contribution is 2.31. The van der Waals surface area contributed by atoms with Crippen molar-refractivity contribution >= 4 is 17.5 Å². The number of nitrogens with zero attached hydrogens (tertiary/aromatic N) is 1. The second kappa shape index (κ2) is 8.55. The molecule has 0 aromatic heterocycles. The second-order valence-corrected chi connectivity index (χ2v) is 6.14. The molecule has 27 heavy (non-hydrogen) atoms. The molecular weight excluding hydrogens is 348 g/mol. The van der Waals surface area contributed by atoms with Gasteiger partial charge in [-0.1, -0.05) is 24.3 Å². The highest BCUT2D eigenvalue weighted by molar-refractivity contribution is 5.98. The number of nitrogens with one attached hydrogen (secondary N) is 1. The zero-order valence-corrected chi connectivity index (χ0v) is 15.1. The van der Waals surface area contributed by atoms with Gasteiger partial charge in [0.1, 0.15) is 11.5 Å². The first kappa shape index (κ1) is 18.7. The Kier molecular flexibility index (Phi) is 5.93. The summed E-state index contributed by atoms with van der Waals surface area (Å²) in [6, 6.07) is 14.2. The van der Waals surface area contributed by atoms with E-state index in [0.717, 1.165) is 0 Å². The van der Waals surface area contributed by atoms with Crippen molar-refractivity contribution < 1.29 is 24.2 Å². The largest absolute Gasteiger partial charge is 0.497 e. The molecule has 2 aromatic rings. The van der Waals surface area contributed by atoms with Crippen LogP contribution in [-0.2, 0) is 9.59 Å². The molecule has 3 rings (SSSR count). The van der Waals surface area contributed by atoms with E-state index in [2.05, 4.69) is 5.32 Å². The number of methoxy groups -OCH3 is 1. The summed E-state index contributed by atoms with van der Waals surface area (Å²) in [7, 11) is 1.57. The molecule has 0 bridgehead atoms. The van der Waals surface area contributed by atoms with Gasteiger partial charge in [0.15, 0.2) is 6.61 Å². The van der Waals surface area contributed by atoms with Gasteiger partial charge in [0.2, 0.25) is 5.91 Å². The maximum Gasteiger partial charge on any atom is 0.265 e. The number of hydrogen-bond acceptors (Lipinski definition) is 5. The van der Waals surface area contributed by atoms with Crippen molar-refractivity contribution in [1.82, 2.24) is 5.32 Å². The summed E-state index contributed by atoms with van der Waals surface area (Å²) >= 11 is 0. The number of carbonyl (C=O) groups is 2. The summed E-state index contributed by atoms with van der Waals surface area (Å²) in [5, 5.41) is 12.9. The van der Waals surface area contributed by atoms with Gasteiger partial charge in [-0.25, -0.2) is 0 Å². The zero-order chi connectivity index (χ0) is 19.2. The molecule has 1 aliphatic heterocycles. The van der Waals surface area contributed by atoms with E-state index in [-0.39, 0.29) is 37.9 Å². The standard InChI is InChI=1S/C20H22N2O5/c1-26-15-8-6-14(7-9-15)17(23)12-21-19(24)10-11-22-16-4-2-3-5-18(16)27-13-20(22)25/h2-9,17,23H,10-13H2,1H3,(H,21,24). The van der Waals surface area contributed by atoms with Crippen LogP contribution >= 0.6 is 0 Å². The molecule has 2 aromatic carbocycles. The summed E-state index contributed by atoms with van der Waals surface area (Å²) in [5.41, 5.74) is 1.35. The molecule has 0 saturated heterocycles. The van der Waals surface area contributed by atoms with Crippen LogP contribution in [-0.4, -0.2) is 43.7 Å². The summed E-state index contributed by atoms with van der Waals surface area (Å²) in [4.78, 5) is 25.8. The number of ether oxygens (including phenoxy) is 2. The predicted molar refractivity (Wildman–Crippen MR) is 99.9 cm³/mol. The first-order chi connectivity index (χ1) is 13.1. The Bertz CT molecular complexity index is 806. The molecule has 1 atom stereocenters. The lowest BCUT2D eigenvalue weighted by Gasteiger charge is -2.29. The first-order valence-electron chi connectivity index (χ1n) is 8.69. The van der Waals surface area contributed by atoms with E-state index < -0.39 is 6.10 Å². The third-order valence-corrected chi connectivity index (χ3v) is 4.36. The number of benzene rings is 2. The minimum Gasteiger partial charge on any atom is -0.497 e. The number of carbonyl (C=O) groups excluding carboxylic acids is 2. The number of hydrogen-bond donors (Lipinski definition) is 2. The van der Waals surface area contributed by atoms with Gasteiger partial charge in [-0.3, -0.25) is 9.59 Å². The number of anilines is 1. The van der Waals surface area contributed by atoms with Crippen molar-refractivity contribution in [2.45, 2.75) is 12.5 Å². The SMILES string of the molecule is COc1ccc(C(O)CNC(=O)CCN2C(=O)COc3ccccc32)cc1. The van der Waals surface area contributed by atoms with Crippen molar-refractivity contribution in [3.63, 3.8) is 0 Å². The van der Waals surface area contributed by atoms with Crippen LogP contribution < -0.4 is 19.7 Å². The first-order valence-corrected chi connectivity index (χ1v) is 8.69. The minimum atomic E-state index is -0.814. The Morgan fingerprint density at radius 1 is 1.26 bits per heavy atom. The Balaban J connectivity index is 1.50. The molecule has 1 unspecified atom stereocenters. The van der Waals surface area contributed by atoms with Gasteiger partial charge < -0.3 is 24.8 Å². The number of aliphatic hydroxyl groups excluding tert-OH is 1. The Hall–Kier alpha value is -3.06. The Labute approximate surface area is 157 Å². The topological polar surface area (TPSA) is 88.1 Å². The number of rotatable bonds is 7. The van der Waals surface area contributed by atoms with Gasteiger partial charge >= 0.3 is 0 Å². The van der Waals surface area contributed by atoms with Crippen LogP contribution in [0.3, 0.4) is 0 Å². The maximum atomic E-state index is 12.1. The van der Waals surface area contributed by atoms with Crippen LogP contribution in [0, 0.1) is 0 Å². The summed E-state index contributed by atoms with van der Waals surface area (Å²) < 4.78 is 10.5. The molecule has 0 fully saturated rings. The van der Waals surface area contributed by atoms with Crippen LogP contribution in [0.4, 0.5) is 5.69 Å². The fraction of sp³-hybridized carbons (Fsp3) is 0.300. The normalized spacial score (nSPS) is 14.1. The second-order valence-electron chi connectivity index (χ2n) is 6.14. The van der Waals surface area contributed by atoms with Crippen LogP contribution in [0.2, 0.25) is 0 Å². The average molecular weight is 370 g/mol. The molecule has 1 heterocycles. The lowest BCUT2D eigenvalue weighted by molar-refractivity contribution is -0.122. The monoisotopic (exact) mass is 370 g/mol. The van der Waals surface area contributed by atoms with Gasteiger partial charge in [-0.15, -0.1) is 0 Å². The van der Waals surface area contributed by atoms with E-state index >= 15 is 0 Å². The van der Waals surface area contributed by atoms with Gasteiger partial charge in [-0.05, 0) is 29.8 Å². The molecule has 7 nitrogen and oxygen atoms in total. The van der Waals surface area contributed by atoms with Crippen molar-refractivity contribution in [3.8, 4) is 11.5 Å². The van der Waals surface area contributed by atoms with Gasteiger partial charge in [0.25, 0.3) is 5.91 Å². The zero-order valence-electron chi connectivity index (χ0n) is 15.1. The molecule has 0 aliphatic carbocycles. The molecular formula is C20H22N2O5. The molecule has 0 saturated carbocycles. The highest BCUT2D eigenvalue weighted by Gasteiger charge is 2.25. The number of aliphatic hydroxyl groups is 1. The summed E-state index contributed by atoms with van der Waals surface area (Å²) in [6.45, 7) is 0.317. The van der Waals surface area contributed by atoms with Crippen LogP contribution in [0.15, 0.2) is 48.5 Å². The van der Waals surface area contributed by atoms with Crippen LogP contribution in [0.5, 0.6) is 11.5 Å². The van der Waals surface area contributed by atoms with Crippen molar-refractivity contribution in [3.05, 3.63) is 54.1 Å². The van der Waals surface area contributed by atoms with E-state index in [9.17, 15) is 14.7 Å². The minimum absolute atomic E-state index is 0.0329. The number of amides is 2. The smallest absolute Gasteiger partial charge is 0.265 e. The molecule has 1 aliphatic rings. The highest BCUT2D eigenvalue weighted by atomic mass is 16.5. The molecule has 0 radical (unpaired) electrons. The Morgan fingerprint density at radius 2 is 2.00 bits per heavy atom. The fourth-order valence-electron chi connectivity index (χ4n) is 2.86. The summed E-state index contributed by atoms with van der Waals surface area (Å²) in [6.07, 6.45) is -0.680. The van der Waals surface area contributed by atoms with Crippen LogP contribution in [0.1, 0.15) is 18.1 Å². The molecule has 142 valence electrons. The third kappa shape index (κ3) is 4.57. The van der Waals surface area contributed by atoms with Crippen molar-refractivity contribution in [2.75, 3.05) is 31.7 Å². The maximum absolute atomic E-state index is 12.1. The van der Waals surface area contributed by atoms with Gasteiger partial charge in [0, 0.05) is 19.5 Å². The molecule has 2 amide bonds. The van der Waals surface area contributed by atoms with Gasteiger partial charge in [0.05, 0.1) is 18.9 Å². The number of fused-ring (bicyclic) bond motifs is 1.